The minimum absolute atomic E-state index is 0.119. The van der Waals surface area contributed by atoms with Crippen molar-refractivity contribution in [3.05, 3.63) is 59.4 Å². The molecule has 1 aromatic carbocycles. The van der Waals surface area contributed by atoms with Gasteiger partial charge in [-0.05, 0) is 31.0 Å². The maximum absolute atomic E-state index is 12.8. The van der Waals surface area contributed by atoms with Gasteiger partial charge in [-0.3, -0.25) is 9.20 Å². The van der Waals surface area contributed by atoms with E-state index in [1.165, 1.54) is 0 Å². The number of anilines is 1. The number of hydrogen-bond acceptors (Lipinski definition) is 4. The molecule has 6 nitrogen and oxygen atoms in total. The largest absolute Gasteiger partial charge is 0.496 e. The molecule has 2 aromatic heterocycles. The molecule has 154 valence electrons. The number of hydrogen-bond donors (Lipinski definition) is 1. The predicted octanol–water partition coefficient (Wildman–Crippen LogP) is 4.07. The lowest BCUT2D eigenvalue weighted by atomic mass is 10.2. The number of carbonyl (C=O) groups excluding carboxylic acids is 1. The van der Waals surface area contributed by atoms with Gasteiger partial charge < -0.3 is 15.0 Å². The number of benzene rings is 1. The second-order valence-corrected chi connectivity index (χ2v) is 7.15. The highest BCUT2D eigenvalue weighted by molar-refractivity contribution is 5.94. The third-order valence-electron chi connectivity index (χ3n) is 5.10. The van der Waals surface area contributed by atoms with E-state index in [1.807, 2.05) is 47.0 Å². The quantitative estimate of drug-likeness (QED) is 0.594. The summed E-state index contributed by atoms with van der Waals surface area (Å²) >= 11 is 0. The van der Waals surface area contributed by atoms with E-state index in [2.05, 4.69) is 31.1 Å². The van der Waals surface area contributed by atoms with Gasteiger partial charge in [0.2, 0.25) is 0 Å². The van der Waals surface area contributed by atoms with Crippen molar-refractivity contribution in [2.75, 3.05) is 25.6 Å². The fourth-order valence-electron chi connectivity index (χ4n) is 3.48. The van der Waals surface area contributed by atoms with Gasteiger partial charge in [-0.15, -0.1) is 0 Å². The number of unbranched alkanes of at least 4 members (excludes halogenated alkanes) is 1. The number of aryl methyl sites for hydroxylation is 1. The topological polar surface area (TPSA) is 58.9 Å². The van der Waals surface area contributed by atoms with E-state index in [0.717, 1.165) is 54.3 Å². The second-order valence-electron chi connectivity index (χ2n) is 7.15. The predicted molar refractivity (Wildman–Crippen MR) is 117 cm³/mol. The fraction of sp³-hybridized carbons (Fsp3) is 0.391. The second kappa shape index (κ2) is 9.45. The van der Waals surface area contributed by atoms with Crippen molar-refractivity contribution in [2.24, 2.45) is 0 Å². The van der Waals surface area contributed by atoms with Crippen molar-refractivity contribution >= 4 is 17.4 Å². The van der Waals surface area contributed by atoms with Gasteiger partial charge in [0.1, 0.15) is 17.2 Å². The van der Waals surface area contributed by atoms with E-state index < -0.39 is 0 Å². The van der Waals surface area contributed by atoms with Gasteiger partial charge >= 0.3 is 0 Å². The summed E-state index contributed by atoms with van der Waals surface area (Å²) in [6.45, 7) is 5.67. The molecule has 1 amide bonds. The normalized spacial score (nSPS) is 10.9. The van der Waals surface area contributed by atoms with Crippen LogP contribution in [0.1, 0.15) is 48.3 Å². The number of amides is 1. The maximum atomic E-state index is 12.8. The Morgan fingerprint density at radius 1 is 1.21 bits per heavy atom. The van der Waals surface area contributed by atoms with Crippen LogP contribution in [0.4, 0.5) is 5.82 Å². The molecular formula is C23H30N4O2. The first kappa shape index (κ1) is 20.7. The third kappa shape index (κ3) is 4.53. The summed E-state index contributed by atoms with van der Waals surface area (Å²) in [7, 11) is 3.72. The molecule has 0 aliphatic carbocycles. The Labute approximate surface area is 172 Å². The van der Waals surface area contributed by atoms with E-state index in [0.29, 0.717) is 12.1 Å². The third-order valence-corrected chi connectivity index (χ3v) is 5.10. The number of nitrogens with zero attached hydrogens (tertiary/aromatic N) is 3. The average Bonchev–Trinajstić information content (AvgIpc) is 3.13. The highest BCUT2D eigenvalue weighted by atomic mass is 16.5. The molecule has 0 saturated heterocycles. The SMILES string of the molecule is CCCCN(C)c1c(CC)nc2ccc(C(=O)NCc3ccccc3OC)cn12. The molecule has 2 heterocycles. The van der Waals surface area contributed by atoms with Crippen molar-refractivity contribution in [1.29, 1.82) is 0 Å². The van der Waals surface area contributed by atoms with Crippen molar-refractivity contribution < 1.29 is 9.53 Å². The smallest absolute Gasteiger partial charge is 0.253 e. The van der Waals surface area contributed by atoms with Crippen LogP contribution in [0.5, 0.6) is 5.75 Å². The molecule has 0 saturated carbocycles. The first-order valence-corrected chi connectivity index (χ1v) is 10.2. The summed E-state index contributed by atoms with van der Waals surface area (Å²) in [5, 5.41) is 2.99. The molecule has 0 radical (unpaired) electrons. The zero-order valence-electron chi connectivity index (χ0n) is 17.7. The van der Waals surface area contributed by atoms with Crippen LogP contribution < -0.4 is 15.0 Å². The van der Waals surface area contributed by atoms with Crippen LogP contribution in [0.15, 0.2) is 42.6 Å². The summed E-state index contributed by atoms with van der Waals surface area (Å²) < 4.78 is 7.40. The number of methoxy groups -OCH3 is 1. The van der Waals surface area contributed by atoms with E-state index in [1.54, 1.807) is 7.11 Å². The van der Waals surface area contributed by atoms with Crippen molar-refractivity contribution in [2.45, 2.75) is 39.7 Å². The Morgan fingerprint density at radius 3 is 2.72 bits per heavy atom. The lowest BCUT2D eigenvalue weighted by molar-refractivity contribution is 0.0950. The number of para-hydroxylation sites is 1. The Morgan fingerprint density at radius 2 is 2.00 bits per heavy atom. The van der Waals surface area contributed by atoms with Crippen LogP contribution in [0.2, 0.25) is 0 Å². The Bertz CT molecular complexity index is 980. The van der Waals surface area contributed by atoms with E-state index >= 15 is 0 Å². The Kier molecular flexibility index (Phi) is 6.75. The van der Waals surface area contributed by atoms with E-state index in [9.17, 15) is 4.79 Å². The maximum Gasteiger partial charge on any atom is 0.253 e. The van der Waals surface area contributed by atoms with E-state index in [-0.39, 0.29) is 5.91 Å². The summed E-state index contributed by atoms with van der Waals surface area (Å²) in [6.07, 6.45) is 4.99. The van der Waals surface area contributed by atoms with Gasteiger partial charge in [-0.25, -0.2) is 4.98 Å². The molecule has 3 aromatic rings. The van der Waals surface area contributed by atoms with Gasteiger partial charge in [-0.1, -0.05) is 38.5 Å². The number of pyridine rings is 1. The molecule has 0 bridgehead atoms. The summed E-state index contributed by atoms with van der Waals surface area (Å²) in [5.41, 5.74) is 3.47. The summed E-state index contributed by atoms with van der Waals surface area (Å²) in [5.74, 6) is 1.72. The summed E-state index contributed by atoms with van der Waals surface area (Å²) in [6, 6.07) is 11.4. The molecule has 0 fully saturated rings. The van der Waals surface area contributed by atoms with Gasteiger partial charge in [0, 0.05) is 31.9 Å². The monoisotopic (exact) mass is 394 g/mol. The first-order chi connectivity index (χ1) is 14.1. The van der Waals surface area contributed by atoms with Crippen LogP contribution >= 0.6 is 0 Å². The van der Waals surface area contributed by atoms with Crippen LogP contribution in [0, 0.1) is 0 Å². The van der Waals surface area contributed by atoms with Crippen LogP contribution in [0.25, 0.3) is 5.65 Å². The van der Waals surface area contributed by atoms with Crippen molar-refractivity contribution in [3.8, 4) is 5.75 Å². The average molecular weight is 395 g/mol. The minimum atomic E-state index is -0.119. The zero-order valence-corrected chi connectivity index (χ0v) is 17.7. The fourth-order valence-corrected chi connectivity index (χ4v) is 3.48. The number of rotatable bonds is 9. The molecule has 0 atom stereocenters. The number of aromatic nitrogens is 2. The standard InChI is InChI=1S/C23H30N4O2/c1-5-7-14-26(3)23-19(6-2)25-21-13-12-18(16-27(21)23)22(28)24-15-17-10-8-9-11-20(17)29-4/h8-13,16H,5-7,14-15H2,1-4H3,(H,24,28). The number of imidazole rings is 1. The molecular weight excluding hydrogens is 364 g/mol. The van der Waals surface area contributed by atoms with E-state index in [4.69, 9.17) is 9.72 Å². The highest BCUT2D eigenvalue weighted by Gasteiger charge is 2.16. The van der Waals surface area contributed by atoms with Crippen LogP contribution in [-0.2, 0) is 13.0 Å². The molecule has 1 N–H and O–H groups in total. The summed E-state index contributed by atoms with van der Waals surface area (Å²) in [4.78, 5) is 19.8. The highest BCUT2D eigenvalue weighted by Crippen LogP contribution is 2.24. The molecule has 29 heavy (non-hydrogen) atoms. The van der Waals surface area contributed by atoms with Crippen molar-refractivity contribution in [3.63, 3.8) is 0 Å². The molecule has 3 rings (SSSR count). The number of fused-ring (bicyclic) bond motifs is 1. The molecule has 6 heteroatoms. The van der Waals surface area contributed by atoms with Crippen molar-refractivity contribution in [1.82, 2.24) is 14.7 Å². The molecule has 0 aliphatic rings. The number of carbonyl (C=O) groups is 1. The first-order valence-electron chi connectivity index (χ1n) is 10.2. The van der Waals surface area contributed by atoms with Gasteiger partial charge in [0.25, 0.3) is 5.91 Å². The zero-order chi connectivity index (χ0) is 20.8. The van der Waals surface area contributed by atoms with Gasteiger partial charge in [-0.2, -0.15) is 0 Å². The minimum Gasteiger partial charge on any atom is -0.496 e. The van der Waals surface area contributed by atoms with Gasteiger partial charge in [0.15, 0.2) is 0 Å². The Hall–Kier alpha value is -3.02. The molecule has 0 unspecified atom stereocenters. The lowest BCUT2D eigenvalue weighted by Crippen LogP contribution is -2.24. The lowest BCUT2D eigenvalue weighted by Gasteiger charge is -2.20. The molecule has 0 aliphatic heterocycles. The number of ether oxygens (including phenoxy) is 1. The molecule has 0 spiro atoms. The van der Waals surface area contributed by atoms with Crippen LogP contribution in [-0.4, -0.2) is 36.0 Å². The van der Waals surface area contributed by atoms with Gasteiger partial charge in [0.05, 0.1) is 18.4 Å². The number of nitrogens with one attached hydrogen (secondary N) is 1. The Balaban J connectivity index is 1.85. The van der Waals surface area contributed by atoms with Crippen LogP contribution in [0.3, 0.4) is 0 Å².